The largest absolute Gasteiger partial charge is 0.492 e. The van der Waals surface area contributed by atoms with Crippen LogP contribution >= 0.6 is 15.9 Å². The Labute approximate surface area is 129 Å². The SMILES string of the molecule is O=C(O)c1cccc(OCCNc2cc(F)ccc2Br)c1. The second kappa shape index (κ2) is 7.08. The van der Waals surface area contributed by atoms with E-state index in [1.54, 1.807) is 18.2 Å². The third-order valence-electron chi connectivity index (χ3n) is 2.70. The van der Waals surface area contributed by atoms with Gasteiger partial charge < -0.3 is 15.2 Å². The monoisotopic (exact) mass is 353 g/mol. The molecule has 0 fully saturated rings. The zero-order valence-corrected chi connectivity index (χ0v) is 12.6. The first-order chi connectivity index (χ1) is 10.1. The number of nitrogens with one attached hydrogen (secondary N) is 1. The summed E-state index contributed by atoms with van der Waals surface area (Å²) in [6, 6.07) is 10.6. The fraction of sp³-hybridized carbons (Fsp3) is 0.133. The predicted molar refractivity (Wildman–Crippen MR) is 81.5 cm³/mol. The summed E-state index contributed by atoms with van der Waals surface area (Å²) in [6.07, 6.45) is 0. The first-order valence-electron chi connectivity index (χ1n) is 6.21. The van der Waals surface area contributed by atoms with E-state index in [0.717, 1.165) is 4.47 Å². The van der Waals surface area contributed by atoms with Gasteiger partial charge in [0.2, 0.25) is 0 Å². The summed E-state index contributed by atoms with van der Waals surface area (Å²) in [7, 11) is 0. The molecule has 2 aromatic carbocycles. The summed E-state index contributed by atoms with van der Waals surface area (Å²) in [5, 5.41) is 11.9. The van der Waals surface area contributed by atoms with Gasteiger partial charge in [0.25, 0.3) is 0 Å². The molecule has 0 aliphatic heterocycles. The lowest BCUT2D eigenvalue weighted by atomic mass is 10.2. The van der Waals surface area contributed by atoms with Crippen molar-refractivity contribution in [1.29, 1.82) is 0 Å². The van der Waals surface area contributed by atoms with Crippen LogP contribution in [0.25, 0.3) is 0 Å². The van der Waals surface area contributed by atoms with Gasteiger partial charge in [0.1, 0.15) is 18.2 Å². The Hall–Kier alpha value is -2.08. The molecule has 110 valence electrons. The molecule has 0 radical (unpaired) electrons. The number of carbonyl (C=O) groups is 1. The summed E-state index contributed by atoms with van der Waals surface area (Å²) in [4.78, 5) is 10.8. The van der Waals surface area contributed by atoms with E-state index in [9.17, 15) is 9.18 Å². The van der Waals surface area contributed by atoms with Gasteiger partial charge in [-0.05, 0) is 52.3 Å². The summed E-state index contributed by atoms with van der Waals surface area (Å²) in [5.74, 6) is -0.840. The highest BCUT2D eigenvalue weighted by Gasteiger charge is 2.04. The van der Waals surface area contributed by atoms with E-state index in [1.165, 1.54) is 24.3 Å². The smallest absolute Gasteiger partial charge is 0.335 e. The maximum absolute atomic E-state index is 13.1. The molecule has 6 heteroatoms. The summed E-state index contributed by atoms with van der Waals surface area (Å²) in [5.41, 5.74) is 0.811. The molecule has 0 aliphatic carbocycles. The Bertz CT molecular complexity index is 649. The van der Waals surface area contributed by atoms with E-state index in [4.69, 9.17) is 9.84 Å². The number of benzene rings is 2. The Morgan fingerprint density at radius 2 is 2.10 bits per heavy atom. The topological polar surface area (TPSA) is 58.6 Å². The number of anilines is 1. The van der Waals surface area contributed by atoms with Crippen molar-refractivity contribution in [3.05, 3.63) is 58.3 Å². The molecule has 0 aromatic heterocycles. The number of hydrogen-bond donors (Lipinski definition) is 2. The van der Waals surface area contributed by atoms with Crippen LogP contribution in [0.15, 0.2) is 46.9 Å². The van der Waals surface area contributed by atoms with Gasteiger partial charge >= 0.3 is 5.97 Å². The molecule has 0 saturated heterocycles. The van der Waals surface area contributed by atoms with Crippen LogP contribution < -0.4 is 10.1 Å². The molecule has 2 N–H and O–H groups in total. The molecule has 0 atom stereocenters. The van der Waals surface area contributed by atoms with Crippen LogP contribution in [0.3, 0.4) is 0 Å². The van der Waals surface area contributed by atoms with Gasteiger partial charge in [0.05, 0.1) is 11.3 Å². The molecule has 0 aliphatic rings. The quantitative estimate of drug-likeness (QED) is 0.776. The van der Waals surface area contributed by atoms with Gasteiger partial charge in [-0.25, -0.2) is 9.18 Å². The number of carboxylic acid groups (broad SMARTS) is 1. The molecule has 21 heavy (non-hydrogen) atoms. The Balaban J connectivity index is 1.86. The highest BCUT2D eigenvalue weighted by atomic mass is 79.9. The number of aromatic carboxylic acids is 1. The van der Waals surface area contributed by atoms with Crippen molar-refractivity contribution < 1.29 is 19.0 Å². The normalized spacial score (nSPS) is 10.2. The number of carboxylic acids is 1. The number of hydrogen-bond acceptors (Lipinski definition) is 3. The van der Waals surface area contributed by atoms with Crippen molar-refractivity contribution in [2.75, 3.05) is 18.5 Å². The van der Waals surface area contributed by atoms with E-state index in [1.807, 2.05) is 0 Å². The number of rotatable bonds is 6. The van der Waals surface area contributed by atoms with E-state index in [0.29, 0.717) is 24.6 Å². The van der Waals surface area contributed by atoms with Crippen LogP contribution in [0.1, 0.15) is 10.4 Å². The minimum absolute atomic E-state index is 0.174. The second-order valence-electron chi connectivity index (χ2n) is 4.23. The zero-order valence-electron chi connectivity index (χ0n) is 11.0. The maximum Gasteiger partial charge on any atom is 0.335 e. The molecule has 2 rings (SSSR count). The van der Waals surface area contributed by atoms with Crippen LogP contribution in [0.5, 0.6) is 5.75 Å². The van der Waals surface area contributed by atoms with Gasteiger partial charge in [-0.2, -0.15) is 0 Å². The second-order valence-corrected chi connectivity index (χ2v) is 5.09. The molecule has 4 nitrogen and oxygen atoms in total. The molecular weight excluding hydrogens is 341 g/mol. The van der Waals surface area contributed by atoms with E-state index in [2.05, 4.69) is 21.2 Å². The lowest BCUT2D eigenvalue weighted by Gasteiger charge is -2.10. The molecule has 0 spiro atoms. The Morgan fingerprint density at radius 3 is 2.86 bits per heavy atom. The van der Waals surface area contributed by atoms with E-state index in [-0.39, 0.29) is 11.4 Å². The van der Waals surface area contributed by atoms with Crippen molar-refractivity contribution in [2.24, 2.45) is 0 Å². The zero-order chi connectivity index (χ0) is 15.2. The van der Waals surface area contributed by atoms with Gasteiger partial charge in [-0.15, -0.1) is 0 Å². The molecule has 0 bridgehead atoms. The molecule has 0 unspecified atom stereocenters. The fourth-order valence-electron chi connectivity index (χ4n) is 1.71. The lowest BCUT2D eigenvalue weighted by molar-refractivity contribution is 0.0696. The van der Waals surface area contributed by atoms with Crippen LogP contribution in [-0.4, -0.2) is 24.2 Å². The van der Waals surface area contributed by atoms with Crippen LogP contribution in [-0.2, 0) is 0 Å². The standard InChI is InChI=1S/C15H13BrFNO3/c16-13-5-4-11(17)9-14(13)18-6-7-21-12-3-1-2-10(8-12)15(19)20/h1-5,8-9,18H,6-7H2,(H,19,20). The summed E-state index contributed by atoms with van der Waals surface area (Å²) in [6.45, 7) is 0.783. The average Bonchev–Trinajstić information content (AvgIpc) is 2.47. The third kappa shape index (κ3) is 4.46. The Kier molecular flexibility index (Phi) is 5.16. The highest BCUT2D eigenvalue weighted by molar-refractivity contribution is 9.10. The van der Waals surface area contributed by atoms with E-state index < -0.39 is 5.97 Å². The van der Waals surface area contributed by atoms with Crippen molar-refractivity contribution >= 4 is 27.6 Å². The molecular formula is C15H13BrFNO3. The van der Waals surface area contributed by atoms with Gasteiger partial charge in [0.15, 0.2) is 0 Å². The number of ether oxygens (including phenoxy) is 1. The predicted octanol–water partition coefficient (Wildman–Crippen LogP) is 3.78. The minimum atomic E-state index is -0.998. The highest BCUT2D eigenvalue weighted by Crippen LogP contribution is 2.22. The summed E-state index contributed by atoms with van der Waals surface area (Å²) < 4.78 is 19.3. The van der Waals surface area contributed by atoms with Crippen molar-refractivity contribution in [3.63, 3.8) is 0 Å². The molecule has 0 amide bonds. The first kappa shape index (κ1) is 15.3. The summed E-state index contributed by atoms with van der Waals surface area (Å²) >= 11 is 3.32. The van der Waals surface area contributed by atoms with Crippen LogP contribution in [0.4, 0.5) is 10.1 Å². The van der Waals surface area contributed by atoms with Gasteiger partial charge in [0, 0.05) is 11.0 Å². The Morgan fingerprint density at radius 1 is 1.29 bits per heavy atom. The number of halogens is 2. The average molecular weight is 354 g/mol. The molecule has 0 saturated carbocycles. The molecule has 2 aromatic rings. The van der Waals surface area contributed by atoms with Gasteiger partial charge in [-0.1, -0.05) is 6.07 Å². The van der Waals surface area contributed by atoms with Crippen LogP contribution in [0.2, 0.25) is 0 Å². The lowest BCUT2D eigenvalue weighted by Crippen LogP contribution is -2.12. The minimum Gasteiger partial charge on any atom is -0.492 e. The molecule has 0 heterocycles. The van der Waals surface area contributed by atoms with Crippen molar-refractivity contribution in [1.82, 2.24) is 0 Å². The fourth-order valence-corrected chi connectivity index (χ4v) is 2.09. The first-order valence-corrected chi connectivity index (χ1v) is 7.00. The van der Waals surface area contributed by atoms with Gasteiger partial charge in [-0.3, -0.25) is 0 Å². The van der Waals surface area contributed by atoms with Crippen molar-refractivity contribution in [3.8, 4) is 5.75 Å². The third-order valence-corrected chi connectivity index (χ3v) is 3.39. The van der Waals surface area contributed by atoms with Crippen molar-refractivity contribution in [2.45, 2.75) is 0 Å². The maximum atomic E-state index is 13.1. The van der Waals surface area contributed by atoms with Crippen LogP contribution in [0, 0.1) is 5.82 Å². The van der Waals surface area contributed by atoms with E-state index >= 15 is 0 Å².